The SMILES string of the molecule is Cc1cnc2c(c1)c(C#N)cn2C(C)(C)C. The average molecular weight is 213 g/mol. The number of hydrogen-bond acceptors (Lipinski definition) is 2. The summed E-state index contributed by atoms with van der Waals surface area (Å²) in [6, 6.07) is 4.25. The molecule has 0 saturated carbocycles. The Morgan fingerprint density at radius 1 is 1.38 bits per heavy atom. The molecule has 0 aliphatic rings. The monoisotopic (exact) mass is 213 g/mol. The average Bonchev–Trinajstić information content (AvgIpc) is 2.55. The van der Waals surface area contributed by atoms with Gasteiger partial charge in [-0.1, -0.05) is 0 Å². The highest BCUT2D eigenvalue weighted by Gasteiger charge is 2.19. The molecule has 0 bridgehead atoms. The predicted octanol–water partition coefficient (Wildman–Crippen LogP) is 2.97. The largest absolute Gasteiger partial charge is 0.326 e. The summed E-state index contributed by atoms with van der Waals surface area (Å²) in [4.78, 5) is 4.43. The van der Waals surface area contributed by atoms with E-state index in [0.29, 0.717) is 5.56 Å². The Kier molecular flexibility index (Phi) is 2.23. The first-order chi connectivity index (χ1) is 7.43. The van der Waals surface area contributed by atoms with Crippen LogP contribution in [0.1, 0.15) is 31.9 Å². The molecule has 2 aromatic heterocycles. The molecule has 0 atom stereocenters. The Hall–Kier alpha value is -1.82. The fourth-order valence-electron chi connectivity index (χ4n) is 1.81. The maximum atomic E-state index is 9.11. The molecular weight excluding hydrogens is 198 g/mol. The number of rotatable bonds is 0. The molecule has 0 radical (unpaired) electrons. The van der Waals surface area contributed by atoms with E-state index in [1.807, 2.05) is 25.4 Å². The first kappa shape index (κ1) is 10.7. The third kappa shape index (κ3) is 1.57. The van der Waals surface area contributed by atoms with Crippen LogP contribution >= 0.6 is 0 Å². The van der Waals surface area contributed by atoms with Crippen LogP contribution in [0.3, 0.4) is 0 Å². The van der Waals surface area contributed by atoms with Crippen molar-refractivity contribution in [3.8, 4) is 6.07 Å². The maximum absolute atomic E-state index is 9.11. The van der Waals surface area contributed by atoms with Gasteiger partial charge in [0.25, 0.3) is 0 Å². The summed E-state index contributed by atoms with van der Waals surface area (Å²) in [5.41, 5.74) is 2.60. The van der Waals surface area contributed by atoms with Gasteiger partial charge in [0, 0.05) is 23.3 Å². The summed E-state index contributed by atoms with van der Waals surface area (Å²) >= 11 is 0. The third-order valence-electron chi connectivity index (χ3n) is 2.62. The highest BCUT2D eigenvalue weighted by molar-refractivity contribution is 5.84. The number of nitrogens with zero attached hydrogens (tertiary/aromatic N) is 3. The van der Waals surface area contributed by atoms with Gasteiger partial charge in [-0.15, -0.1) is 0 Å². The van der Waals surface area contributed by atoms with Gasteiger partial charge in [-0.2, -0.15) is 5.26 Å². The van der Waals surface area contributed by atoms with Gasteiger partial charge < -0.3 is 4.57 Å². The van der Waals surface area contributed by atoms with Crippen LogP contribution in [0.15, 0.2) is 18.5 Å². The molecule has 2 aromatic rings. The van der Waals surface area contributed by atoms with Crippen molar-refractivity contribution in [1.82, 2.24) is 9.55 Å². The van der Waals surface area contributed by atoms with E-state index in [4.69, 9.17) is 5.26 Å². The summed E-state index contributed by atoms with van der Waals surface area (Å²) in [6.45, 7) is 8.31. The van der Waals surface area contributed by atoms with Crippen LogP contribution in [0, 0.1) is 18.3 Å². The molecule has 2 rings (SSSR count). The van der Waals surface area contributed by atoms with E-state index < -0.39 is 0 Å². The molecule has 3 heteroatoms. The third-order valence-corrected chi connectivity index (χ3v) is 2.62. The normalized spacial score (nSPS) is 11.7. The molecule has 3 nitrogen and oxygen atoms in total. The molecule has 0 spiro atoms. The van der Waals surface area contributed by atoms with Crippen molar-refractivity contribution in [2.75, 3.05) is 0 Å². The summed E-state index contributed by atoms with van der Waals surface area (Å²) in [7, 11) is 0. The zero-order valence-corrected chi connectivity index (χ0v) is 10.1. The lowest BCUT2D eigenvalue weighted by Gasteiger charge is -2.21. The van der Waals surface area contributed by atoms with Gasteiger partial charge in [-0.3, -0.25) is 0 Å². The Morgan fingerprint density at radius 3 is 2.62 bits per heavy atom. The summed E-state index contributed by atoms with van der Waals surface area (Å²) in [5, 5.41) is 10.1. The van der Waals surface area contributed by atoms with Crippen molar-refractivity contribution < 1.29 is 0 Å². The quantitative estimate of drug-likeness (QED) is 0.675. The van der Waals surface area contributed by atoms with E-state index in [2.05, 4.69) is 36.4 Å². The standard InChI is InChI=1S/C13H15N3/c1-9-5-11-10(6-14)8-16(13(2,3)4)12(11)15-7-9/h5,7-8H,1-4H3. The molecule has 0 amide bonds. The van der Waals surface area contributed by atoms with Crippen LogP contribution in [-0.4, -0.2) is 9.55 Å². The fraction of sp³-hybridized carbons (Fsp3) is 0.385. The van der Waals surface area contributed by atoms with E-state index in [1.165, 1.54) is 0 Å². The number of aryl methyl sites for hydroxylation is 1. The van der Waals surface area contributed by atoms with Crippen LogP contribution in [0.2, 0.25) is 0 Å². The molecule has 0 aliphatic carbocycles. The molecule has 0 unspecified atom stereocenters. The lowest BCUT2D eigenvalue weighted by molar-refractivity contribution is 0.408. The van der Waals surface area contributed by atoms with Crippen molar-refractivity contribution in [3.05, 3.63) is 29.6 Å². The molecule has 2 heterocycles. The molecule has 82 valence electrons. The van der Waals surface area contributed by atoms with Gasteiger partial charge >= 0.3 is 0 Å². The minimum Gasteiger partial charge on any atom is -0.326 e. The molecule has 0 aromatic carbocycles. The van der Waals surface area contributed by atoms with Gasteiger partial charge in [0.05, 0.1) is 5.56 Å². The summed E-state index contributed by atoms with van der Waals surface area (Å²) in [6.07, 6.45) is 3.73. The Bertz CT molecular complexity index is 579. The first-order valence-electron chi connectivity index (χ1n) is 5.32. The first-order valence-corrected chi connectivity index (χ1v) is 5.32. The van der Waals surface area contributed by atoms with E-state index >= 15 is 0 Å². The second kappa shape index (κ2) is 3.34. The molecule has 0 N–H and O–H groups in total. The topological polar surface area (TPSA) is 41.6 Å². The molecular formula is C13H15N3. The highest BCUT2D eigenvalue weighted by Crippen LogP contribution is 2.26. The minimum absolute atomic E-state index is 0.0599. The van der Waals surface area contributed by atoms with Gasteiger partial charge in [0.2, 0.25) is 0 Å². The van der Waals surface area contributed by atoms with Crippen LogP contribution < -0.4 is 0 Å². The van der Waals surface area contributed by atoms with Crippen molar-refractivity contribution in [2.45, 2.75) is 33.2 Å². The second-order valence-corrected chi connectivity index (χ2v) is 5.08. The second-order valence-electron chi connectivity index (χ2n) is 5.08. The van der Waals surface area contributed by atoms with Crippen molar-refractivity contribution in [2.24, 2.45) is 0 Å². The fourth-order valence-corrected chi connectivity index (χ4v) is 1.81. The maximum Gasteiger partial charge on any atom is 0.141 e. The van der Waals surface area contributed by atoms with Crippen molar-refractivity contribution in [1.29, 1.82) is 5.26 Å². The molecule has 0 aliphatic heterocycles. The zero-order valence-electron chi connectivity index (χ0n) is 10.1. The predicted molar refractivity (Wildman–Crippen MR) is 64.2 cm³/mol. The summed E-state index contributed by atoms with van der Waals surface area (Å²) in [5.74, 6) is 0. The van der Waals surface area contributed by atoms with Crippen LogP contribution in [0.5, 0.6) is 0 Å². The minimum atomic E-state index is -0.0599. The van der Waals surface area contributed by atoms with Crippen molar-refractivity contribution in [3.63, 3.8) is 0 Å². The number of nitriles is 1. The number of aromatic nitrogens is 2. The van der Waals surface area contributed by atoms with Crippen molar-refractivity contribution >= 4 is 11.0 Å². The smallest absolute Gasteiger partial charge is 0.141 e. The van der Waals surface area contributed by atoms with Crippen LogP contribution in [0.4, 0.5) is 0 Å². The van der Waals surface area contributed by atoms with Gasteiger partial charge in [0.15, 0.2) is 0 Å². The van der Waals surface area contributed by atoms with E-state index in [1.54, 1.807) is 0 Å². The Morgan fingerprint density at radius 2 is 2.06 bits per heavy atom. The number of fused-ring (bicyclic) bond motifs is 1. The molecule has 0 saturated heterocycles. The molecule has 16 heavy (non-hydrogen) atoms. The van der Waals surface area contributed by atoms with E-state index in [0.717, 1.165) is 16.6 Å². The van der Waals surface area contributed by atoms with E-state index in [9.17, 15) is 0 Å². The van der Waals surface area contributed by atoms with Gasteiger partial charge in [-0.05, 0) is 39.3 Å². The number of pyridine rings is 1. The Balaban J connectivity index is 2.85. The molecule has 0 fully saturated rings. The van der Waals surface area contributed by atoms with E-state index in [-0.39, 0.29) is 5.54 Å². The number of hydrogen-bond donors (Lipinski definition) is 0. The Labute approximate surface area is 95.3 Å². The van der Waals surface area contributed by atoms with Gasteiger partial charge in [-0.25, -0.2) is 4.98 Å². The van der Waals surface area contributed by atoms with Gasteiger partial charge in [0.1, 0.15) is 11.7 Å². The highest BCUT2D eigenvalue weighted by atomic mass is 15.1. The zero-order chi connectivity index (χ0) is 11.9. The van der Waals surface area contributed by atoms with Crippen LogP contribution in [0.25, 0.3) is 11.0 Å². The lowest BCUT2D eigenvalue weighted by Crippen LogP contribution is -2.20. The summed E-state index contributed by atoms with van der Waals surface area (Å²) < 4.78 is 2.06. The lowest BCUT2D eigenvalue weighted by atomic mass is 10.1. The van der Waals surface area contributed by atoms with Crippen LogP contribution in [-0.2, 0) is 5.54 Å².